The van der Waals surface area contributed by atoms with Crippen LogP contribution in [0.3, 0.4) is 0 Å². The molecule has 0 aromatic heterocycles. The van der Waals surface area contributed by atoms with Crippen molar-refractivity contribution in [3.8, 4) is 0 Å². The highest BCUT2D eigenvalue weighted by Crippen LogP contribution is 2.07. The largest absolute Gasteiger partial charge is 0.246 e. The first-order valence-corrected chi connectivity index (χ1v) is 4.49. The van der Waals surface area contributed by atoms with Gasteiger partial charge in [0.1, 0.15) is 6.04 Å². The Bertz CT molecular complexity index is 185. The Hall–Kier alpha value is -0.850. The van der Waals surface area contributed by atoms with Crippen molar-refractivity contribution in [1.82, 2.24) is 0 Å². The van der Waals surface area contributed by atoms with Gasteiger partial charge < -0.3 is 0 Å². The van der Waals surface area contributed by atoms with Gasteiger partial charge in [0, 0.05) is 6.08 Å². The van der Waals surface area contributed by atoms with E-state index in [9.17, 15) is 0 Å². The second kappa shape index (κ2) is 5.76. The van der Waals surface area contributed by atoms with Gasteiger partial charge in [0.15, 0.2) is 6.21 Å². The van der Waals surface area contributed by atoms with E-state index >= 15 is 0 Å². The first-order chi connectivity index (χ1) is 5.57. The molecule has 1 heteroatoms. The van der Waals surface area contributed by atoms with Gasteiger partial charge in [0.05, 0.1) is 0 Å². The lowest BCUT2D eigenvalue weighted by Gasteiger charge is -2.01. The molecule has 0 rings (SSSR count). The van der Waals surface area contributed by atoms with Crippen LogP contribution in [0.2, 0.25) is 0 Å². The van der Waals surface area contributed by atoms with Gasteiger partial charge in [-0.05, 0) is 25.3 Å². The van der Waals surface area contributed by atoms with Crippen molar-refractivity contribution in [2.45, 2.75) is 33.7 Å². The van der Waals surface area contributed by atoms with Gasteiger partial charge in [-0.2, -0.15) is 0 Å². The van der Waals surface area contributed by atoms with E-state index in [0.717, 1.165) is 0 Å². The maximum Gasteiger partial charge on any atom is 0.162 e. The van der Waals surface area contributed by atoms with Crippen molar-refractivity contribution < 1.29 is 4.99 Å². The number of rotatable bonds is 4. The van der Waals surface area contributed by atoms with E-state index in [2.05, 4.69) is 45.3 Å². The fourth-order valence-corrected chi connectivity index (χ4v) is 0.833. The Labute approximate surface area is 75.9 Å². The van der Waals surface area contributed by atoms with E-state index in [0.29, 0.717) is 12.0 Å². The quantitative estimate of drug-likeness (QED) is 0.478. The van der Waals surface area contributed by atoms with Crippen molar-refractivity contribution in [3.05, 3.63) is 24.3 Å². The third kappa shape index (κ3) is 4.89. The lowest BCUT2D eigenvalue weighted by atomic mass is 10.0. The smallest absolute Gasteiger partial charge is 0.162 e. The highest BCUT2D eigenvalue weighted by molar-refractivity contribution is 5.67. The van der Waals surface area contributed by atoms with Crippen LogP contribution in [0.25, 0.3) is 0 Å². The van der Waals surface area contributed by atoms with Crippen molar-refractivity contribution in [3.63, 3.8) is 0 Å². The van der Waals surface area contributed by atoms with E-state index < -0.39 is 0 Å². The fourth-order valence-electron chi connectivity index (χ4n) is 0.833. The summed E-state index contributed by atoms with van der Waals surface area (Å²) >= 11 is 0. The van der Waals surface area contributed by atoms with E-state index in [1.165, 1.54) is 5.57 Å². The number of hydrogen-bond donors (Lipinski definition) is 1. The van der Waals surface area contributed by atoms with Crippen molar-refractivity contribution in [2.75, 3.05) is 0 Å². The zero-order valence-corrected chi connectivity index (χ0v) is 8.59. The maximum absolute atomic E-state index is 3.76. The molecular formula is C11H20N+. The molecule has 0 aliphatic heterocycles. The zero-order valence-electron chi connectivity index (χ0n) is 8.59. The predicted molar refractivity (Wildman–Crippen MR) is 55.3 cm³/mol. The Morgan fingerprint density at radius 1 is 1.25 bits per heavy atom. The molecule has 0 unspecified atom stereocenters. The van der Waals surface area contributed by atoms with Gasteiger partial charge in [-0.3, -0.25) is 0 Å². The Kier molecular flexibility index (Phi) is 5.35. The highest BCUT2D eigenvalue weighted by atomic mass is 14.7. The molecule has 0 radical (unpaired) electrons. The average molecular weight is 166 g/mol. The third-order valence-corrected chi connectivity index (χ3v) is 1.61. The molecule has 0 spiro atoms. The van der Waals surface area contributed by atoms with Gasteiger partial charge >= 0.3 is 0 Å². The zero-order chi connectivity index (χ0) is 9.56. The summed E-state index contributed by atoms with van der Waals surface area (Å²) in [4.78, 5) is 3.22. The molecule has 12 heavy (non-hydrogen) atoms. The summed E-state index contributed by atoms with van der Waals surface area (Å²) in [6.45, 7) is 12.3. The first kappa shape index (κ1) is 11.2. The molecule has 0 aliphatic carbocycles. The molecule has 0 bridgehead atoms. The fraction of sp³-hybridized carbons (Fsp3) is 0.545. The lowest BCUT2D eigenvalue weighted by Crippen LogP contribution is -2.73. The Morgan fingerprint density at radius 3 is 2.17 bits per heavy atom. The standard InChI is InChI=1S/C11H19N/c1-6-11(9(2)3)7-8-12-10(4)5/h6-10H,1H2,2-5H3/p+1/b11-7+,12-8?. The molecule has 0 atom stereocenters. The van der Waals surface area contributed by atoms with Crippen molar-refractivity contribution >= 4 is 6.21 Å². The molecule has 0 saturated carbocycles. The lowest BCUT2D eigenvalue weighted by molar-refractivity contribution is -0.487. The molecule has 1 N–H and O–H groups in total. The minimum atomic E-state index is 0.500. The summed E-state index contributed by atoms with van der Waals surface area (Å²) < 4.78 is 0. The highest BCUT2D eigenvalue weighted by Gasteiger charge is 1.97. The second-order valence-electron chi connectivity index (χ2n) is 3.51. The molecule has 0 heterocycles. The topological polar surface area (TPSA) is 14.0 Å². The first-order valence-electron chi connectivity index (χ1n) is 4.49. The monoisotopic (exact) mass is 166 g/mol. The van der Waals surface area contributed by atoms with Crippen LogP contribution >= 0.6 is 0 Å². The van der Waals surface area contributed by atoms with Crippen LogP contribution in [0, 0.1) is 5.92 Å². The molecular weight excluding hydrogens is 146 g/mol. The van der Waals surface area contributed by atoms with Crippen LogP contribution in [0.4, 0.5) is 0 Å². The van der Waals surface area contributed by atoms with Gasteiger partial charge in [-0.25, -0.2) is 4.99 Å². The maximum atomic E-state index is 3.76. The minimum Gasteiger partial charge on any atom is -0.246 e. The van der Waals surface area contributed by atoms with E-state index in [4.69, 9.17) is 0 Å². The minimum absolute atomic E-state index is 0.500. The summed E-state index contributed by atoms with van der Waals surface area (Å²) in [6.07, 6.45) is 5.97. The molecule has 68 valence electrons. The van der Waals surface area contributed by atoms with Crippen LogP contribution in [-0.2, 0) is 0 Å². The molecule has 0 amide bonds. The summed E-state index contributed by atoms with van der Waals surface area (Å²) in [5.41, 5.74) is 1.27. The van der Waals surface area contributed by atoms with Gasteiger partial charge in [0.2, 0.25) is 0 Å². The average Bonchev–Trinajstić information content (AvgIpc) is 1.96. The Balaban J connectivity index is 4.21. The van der Waals surface area contributed by atoms with Gasteiger partial charge in [-0.15, -0.1) is 0 Å². The van der Waals surface area contributed by atoms with Crippen LogP contribution in [0.1, 0.15) is 27.7 Å². The molecule has 0 saturated heterocycles. The molecule has 0 aliphatic rings. The molecule has 0 aromatic rings. The summed E-state index contributed by atoms with van der Waals surface area (Å²) in [5, 5.41) is 0. The normalized spacial score (nSPS) is 13.3. The number of nitrogens with one attached hydrogen (secondary N) is 1. The summed E-state index contributed by atoms with van der Waals surface area (Å²) in [7, 11) is 0. The summed E-state index contributed by atoms with van der Waals surface area (Å²) in [6, 6.07) is 0.500. The number of allylic oxidation sites excluding steroid dienone is 3. The van der Waals surface area contributed by atoms with E-state index in [-0.39, 0.29) is 0 Å². The van der Waals surface area contributed by atoms with Crippen molar-refractivity contribution in [2.24, 2.45) is 5.92 Å². The van der Waals surface area contributed by atoms with Crippen LogP contribution < -0.4 is 4.99 Å². The number of hydrogen-bond acceptors (Lipinski definition) is 0. The van der Waals surface area contributed by atoms with E-state index in [1.54, 1.807) is 0 Å². The second-order valence-corrected chi connectivity index (χ2v) is 3.51. The predicted octanol–water partition coefficient (Wildman–Crippen LogP) is 1.31. The summed E-state index contributed by atoms with van der Waals surface area (Å²) in [5.74, 6) is 0.549. The molecule has 0 aromatic carbocycles. The van der Waals surface area contributed by atoms with Crippen LogP contribution in [0.5, 0.6) is 0 Å². The van der Waals surface area contributed by atoms with Crippen molar-refractivity contribution in [1.29, 1.82) is 0 Å². The molecule has 0 fully saturated rings. The van der Waals surface area contributed by atoms with E-state index in [1.807, 2.05) is 12.3 Å². The van der Waals surface area contributed by atoms with Crippen LogP contribution in [0.15, 0.2) is 24.3 Å². The molecule has 1 nitrogen and oxygen atoms in total. The third-order valence-electron chi connectivity index (χ3n) is 1.61. The van der Waals surface area contributed by atoms with Crippen LogP contribution in [-0.4, -0.2) is 12.3 Å². The SMILES string of the molecule is C=C/C(=C\C=[NH+]C(C)C)C(C)C. The Morgan fingerprint density at radius 2 is 1.83 bits per heavy atom. The van der Waals surface area contributed by atoms with Gasteiger partial charge in [0.25, 0.3) is 0 Å². The van der Waals surface area contributed by atoms with Gasteiger partial charge in [-0.1, -0.05) is 26.5 Å².